The molecule has 0 radical (unpaired) electrons. The van der Waals surface area contributed by atoms with Crippen LogP contribution in [0.15, 0.2) is 53.4 Å². The van der Waals surface area contributed by atoms with Crippen LogP contribution in [0.3, 0.4) is 0 Å². The molecule has 2 aromatic carbocycles. The van der Waals surface area contributed by atoms with Crippen LogP contribution in [-0.2, 0) is 9.05 Å². The molecule has 19 heavy (non-hydrogen) atoms. The Morgan fingerprint density at radius 2 is 1.84 bits per heavy atom. The van der Waals surface area contributed by atoms with Gasteiger partial charge < -0.3 is 4.74 Å². The van der Waals surface area contributed by atoms with Gasteiger partial charge in [-0.3, -0.25) is 0 Å². The summed E-state index contributed by atoms with van der Waals surface area (Å²) in [6, 6.07) is 10.2. The quantitative estimate of drug-likeness (QED) is 0.638. The second-order valence-electron chi connectivity index (χ2n) is 4.29. The summed E-state index contributed by atoms with van der Waals surface area (Å²) in [5.74, 6) is 0.614. The summed E-state index contributed by atoms with van der Waals surface area (Å²) in [5.41, 5.74) is 0.887. The van der Waals surface area contributed by atoms with Gasteiger partial charge in [-0.25, -0.2) is 8.42 Å². The lowest BCUT2D eigenvalue weighted by atomic mass is 10.1. The fourth-order valence-electron chi connectivity index (χ4n) is 1.78. The SMILES string of the molecule is C=C(C)COc1ccc(S(=O)(=O)Cl)c2ccccc12. The van der Waals surface area contributed by atoms with E-state index in [1.165, 1.54) is 6.07 Å². The van der Waals surface area contributed by atoms with Crippen LogP contribution >= 0.6 is 10.7 Å². The normalized spacial score (nSPS) is 11.5. The average molecular weight is 297 g/mol. The maximum atomic E-state index is 11.5. The third-order valence-corrected chi connectivity index (χ3v) is 3.96. The summed E-state index contributed by atoms with van der Waals surface area (Å²) in [7, 11) is 1.66. The molecule has 0 unspecified atom stereocenters. The zero-order chi connectivity index (χ0) is 14.0. The number of benzene rings is 2. The third-order valence-electron chi connectivity index (χ3n) is 2.58. The molecule has 0 aliphatic heterocycles. The van der Waals surface area contributed by atoms with Crippen LogP contribution in [0.25, 0.3) is 10.8 Å². The highest BCUT2D eigenvalue weighted by Crippen LogP contribution is 2.32. The molecule has 0 amide bonds. The number of hydrogen-bond acceptors (Lipinski definition) is 3. The van der Waals surface area contributed by atoms with E-state index in [2.05, 4.69) is 6.58 Å². The molecule has 2 rings (SSSR count). The molecule has 0 bridgehead atoms. The van der Waals surface area contributed by atoms with Crippen molar-refractivity contribution in [1.82, 2.24) is 0 Å². The topological polar surface area (TPSA) is 43.4 Å². The van der Waals surface area contributed by atoms with Crippen molar-refractivity contribution < 1.29 is 13.2 Å². The van der Waals surface area contributed by atoms with Gasteiger partial charge >= 0.3 is 0 Å². The Balaban J connectivity index is 2.62. The molecule has 0 N–H and O–H groups in total. The van der Waals surface area contributed by atoms with E-state index >= 15 is 0 Å². The first kappa shape index (κ1) is 13.9. The lowest BCUT2D eigenvalue weighted by Gasteiger charge is -2.11. The van der Waals surface area contributed by atoms with Crippen LogP contribution in [0, 0.1) is 0 Å². The third kappa shape index (κ3) is 3.08. The fourth-order valence-corrected chi connectivity index (χ4v) is 2.86. The van der Waals surface area contributed by atoms with E-state index in [1.54, 1.807) is 24.3 Å². The molecule has 0 aliphatic rings. The number of rotatable bonds is 4. The van der Waals surface area contributed by atoms with Gasteiger partial charge in [0.05, 0.1) is 4.90 Å². The van der Waals surface area contributed by atoms with E-state index in [1.807, 2.05) is 13.0 Å². The Bertz CT molecular complexity index is 735. The average Bonchev–Trinajstić information content (AvgIpc) is 2.34. The molecule has 100 valence electrons. The Morgan fingerprint density at radius 3 is 2.42 bits per heavy atom. The standard InChI is InChI=1S/C14H13ClO3S/c1-10(2)9-18-13-7-8-14(19(15,16)17)12-6-4-3-5-11(12)13/h3-8H,1,9H2,2H3. The Morgan fingerprint density at radius 1 is 1.21 bits per heavy atom. The van der Waals surface area contributed by atoms with Crippen molar-refractivity contribution in [1.29, 1.82) is 0 Å². The molecular formula is C14H13ClO3S. The molecule has 0 atom stereocenters. The molecule has 0 fully saturated rings. The zero-order valence-electron chi connectivity index (χ0n) is 10.4. The first-order valence-electron chi connectivity index (χ1n) is 5.63. The predicted octanol–water partition coefficient (Wildman–Crippen LogP) is 3.72. The minimum Gasteiger partial charge on any atom is -0.489 e. The van der Waals surface area contributed by atoms with Gasteiger partial charge in [0.2, 0.25) is 0 Å². The van der Waals surface area contributed by atoms with E-state index < -0.39 is 9.05 Å². The molecule has 0 saturated heterocycles. The summed E-state index contributed by atoms with van der Waals surface area (Å²) in [6.45, 7) is 6.01. The van der Waals surface area contributed by atoms with Crippen molar-refractivity contribution >= 4 is 30.5 Å². The van der Waals surface area contributed by atoms with Gasteiger partial charge in [-0.1, -0.05) is 30.8 Å². The van der Waals surface area contributed by atoms with E-state index in [9.17, 15) is 8.42 Å². The molecule has 0 aromatic heterocycles. The van der Waals surface area contributed by atoms with Gasteiger partial charge in [0, 0.05) is 21.5 Å². The summed E-state index contributed by atoms with van der Waals surface area (Å²) in [5, 5.41) is 1.27. The van der Waals surface area contributed by atoms with Gasteiger partial charge in [-0.2, -0.15) is 0 Å². The second-order valence-corrected chi connectivity index (χ2v) is 6.83. The molecule has 0 heterocycles. The highest BCUT2D eigenvalue weighted by molar-refractivity contribution is 8.14. The van der Waals surface area contributed by atoms with Crippen LogP contribution in [-0.4, -0.2) is 15.0 Å². The van der Waals surface area contributed by atoms with E-state index in [0.29, 0.717) is 23.1 Å². The highest BCUT2D eigenvalue weighted by Gasteiger charge is 2.16. The van der Waals surface area contributed by atoms with Crippen LogP contribution in [0.5, 0.6) is 5.75 Å². The Labute approximate surface area is 116 Å². The molecule has 0 spiro atoms. The van der Waals surface area contributed by atoms with Crippen molar-refractivity contribution in [3.63, 3.8) is 0 Å². The molecule has 5 heteroatoms. The van der Waals surface area contributed by atoms with Crippen LogP contribution in [0.1, 0.15) is 6.92 Å². The Hall–Kier alpha value is -1.52. The largest absolute Gasteiger partial charge is 0.489 e. The van der Waals surface area contributed by atoms with Crippen molar-refractivity contribution in [2.24, 2.45) is 0 Å². The second kappa shape index (κ2) is 5.23. The van der Waals surface area contributed by atoms with E-state index in [4.69, 9.17) is 15.4 Å². The number of fused-ring (bicyclic) bond motifs is 1. The van der Waals surface area contributed by atoms with Gasteiger partial charge in [-0.05, 0) is 24.6 Å². The first-order chi connectivity index (χ1) is 8.89. The predicted molar refractivity (Wildman–Crippen MR) is 77.3 cm³/mol. The summed E-state index contributed by atoms with van der Waals surface area (Å²) in [4.78, 5) is 0.0902. The van der Waals surface area contributed by atoms with Crippen LogP contribution in [0.4, 0.5) is 0 Å². The van der Waals surface area contributed by atoms with E-state index in [-0.39, 0.29) is 4.90 Å². The molecular weight excluding hydrogens is 284 g/mol. The smallest absolute Gasteiger partial charge is 0.261 e. The molecule has 0 aliphatic carbocycles. The van der Waals surface area contributed by atoms with Crippen LogP contribution in [0.2, 0.25) is 0 Å². The monoisotopic (exact) mass is 296 g/mol. The van der Waals surface area contributed by atoms with Gasteiger partial charge in [0.25, 0.3) is 9.05 Å². The number of halogens is 1. The maximum Gasteiger partial charge on any atom is 0.261 e. The van der Waals surface area contributed by atoms with Crippen molar-refractivity contribution in [3.8, 4) is 5.75 Å². The lowest BCUT2D eigenvalue weighted by molar-refractivity contribution is 0.357. The van der Waals surface area contributed by atoms with Crippen molar-refractivity contribution in [3.05, 3.63) is 48.6 Å². The summed E-state index contributed by atoms with van der Waals surface area (Å²) >= 11 is 0. The minimum atomic E-state index is -3.78. The number of hydrogen-bond donors (Lipinski definition) is 0. The van der Waals surface area contributed by atoms with Gasteiger partial charge in [0.1, 0.15) is 12.4 Å². The number of ether oxygens (including phenoxy) is 1. The van der Waals surface area contributed by atoms with Gasteiger partial charge in [0.15, 0.2) is 0 Å². The van der Waals surface area contributed by atoms with Crippen molar-refractivity contribution in [2.75, 3.05) is 6.61 Å². The highest BCUT2D eigenvalue weighted by atomic mass is 35.7. The maximum absolute atomic E-state index is 11.5. The van der Waals surface area contributed by atoms with Crippen molar-refractivity contribution in [2.45, 2.75) is 11.8 Å². The zero-order valence-corrected chi connectivity index (χ0v) is 12.0. The van der Waals surface area contributed by atoms with E-state index in [0.717, 1.165) is 5.57 Å². The molecule has 3 nitrogen and oxygen atoms in total. The molecule has 0 saturated carbocycles. The van der Waals surface area contributed by atoms with Gasteiger partial charge in [-0.15, -0.1) is 0 Å². The Kier molecular flexibility index (Phi) is 3.83. The summed E-state index contributed by atoms with van der Waals surface area (Å²) < 4.78 is 28.7. The minimum absolute atomic E-state index is 0.0902. The lowest BCUT2D eigenvalue weighted by Crippen LogP contribution is -2.00. The summed E-state index contributed by atoms with van der Waals surface area (Å²) in [6.07, 6.45) is 0. The first-order valence-corrected chi connectivity index (χ1v) is 7.94. The van der Waals surface area contributed by atoms with Crippen LogP contribution < -0.4 is 4.74 Å². The molecule has 2 aromatic rings. The fraction of sp³-hybridized carbons (Fsp3) is 0.143.